The molecule has 2 aromatic rings. The summed E-state index contributed by atoms with van der Waals surface area (Å²) in [6.45, 7) is 0. The summed E-state index contributed by atoms with van der Waals surface area (Å²) in [6.07, 6.45) is 0.521. The number of hydrogen-bond acceptors (Lipinski definition) is 3. The van der Waals surface area contributed by atoms with Gasteiger partial charge in [-0.1, -0.05) is 0 Å². The minimum Gasteiger partial charge on any atom is -0.453 e. The van der Waals surface area contributed by atoms with E-state index in [0.717, 1.165) is 6.07 Å². The number of nitrogen functional groups attached to an aromatic ring is 1. The Balaban J connectivity index is 2.52. The summed E-state index contributed by atoms with van der Waals surface area (Å²) in [5.74, 6) is -1.78. The smallest absolute Gasteiger partial charge is 0.185 e. The van der Waals surface area contributed by atoms with Gasteiger partial charge < -0.3 is 10.2 Å². The van der Waals surface area contributed by atoms with Gasteiger partial charge >= 0.3 is 0 Å². The molecule has 0 spiro atoms. The highest BCUT2D eigenvalue weighted by Crippen LogP contribution is 2.26. The van der Waals surface area contributed by atoms with Crippen molar-refractivity contribution in [2.75, 3.05) is 5.73 Å². The maximum Gasteiger partial charge on any atom is 0.185 e. The molecule has 0 radical (unpaired) electrons. The van der Waals surface area contributed by atoms with Gasteiger partial charge in [0.25, 0.3) is 0 Å². The topological polar surface area (TPSA) is 56.2 Å². The first-order valence-electron chi connectivity index (χ1n) is 4.41. The lowest BCUT2D eigenvalue weighted by Crippen LogP contribution is -1.94. The van der Waals surface area contributed by atoms with Crippen LogP contribution in [0.4, 0.5) is 14.5 Å². The van der Waals surface area contributed by atoms with Crippen LogP contribution in [0.2, 0.25) is 0 Å². The molecule has 0 fully saturated rings. The first-order chi connectivity index (χ1) is 7.61. The summed E-state index contributed by atoms with van der Waals surface area (Å²) in [4.78, 5) is 10.4. The fourth-order valence-electron chi connectivity index (χ4n) is 1.32. The molecule has 0 atom stereocenters. The molecule has 2 N–H and O–H groups in total. The van der Waals surface area contributed by atoms with E-state index in [1.54, 1.807) is 0 Å². The molecule has 3 nitrogen and oxygen atoms in total. The number of furan rings is 1. The van der Waals surface area contributed by atoms with Crippen molar-refractivity contribution in [1.82, 2.24) is 0 Å². The highest BCUT2D eigenvalue weighted by Gasteiger charge is 2.11. The number of rotatable bonds is 2. The number of carbonyl (C=O) groups excluding carboxylic acids is 1. The van der Waals surface area contributed by atoms with Crippen molar-refractivity contribution in [2.45, 2.75) is 0 Å². The van der Waals surface area contributed by atoms with Crippen molar-refractivity contribution in [3.8, 4) is 11.3 Å². The van der Waals surface area contributed by atoms with E-state index in [4.69, 9.17) is 10.2 Å². The van der Waals surface area contributed by atoms with Crippen molar-refractivity contribution >= 4 is 12.0 Å². The molecule has 0 bridgehead atoms. The fourth-order valence-corrected chi connectivity index (χ4v) is 1.32. The van der Waals surface area contributed by atoms with Crippen LogP contribution in [0.3, 0.4) is 0 Å². The van der Waals surface area contributed by atoms with Crippen LogP contribution < -0.4 is 5.73 Å². The van der Waals surface area contributed by atoms with Gasteiger partial charge in [0.05, 0.1) is 5.69 Å². The summed E-state index contributed by atoms with van der Waals surface area (Å²) >= 11 is 0. The Kier molecular flexibility index (Phi) is 2.44. The molecule has 0 amide bonds. The van der Waals surface area contributed by atoms with E-state index in [-0.39, 0.29) is 22.8 Å². The van der Waals surface area contributed by atoms with Crippen molar-refractivity contribution in [3.63, 3.8) is 0 Å². The second-order valence-electron chi connectivity index (χ2n) is 3.18. The van der Waals surface area contributed by atoms with Crippen LogP contribution in [-0.4, -0.2) is 6.29 Å². The molecule has 0 aliphatic rings. The molecular weight excluding hydrogens is 216 g/mol. The second-order valence-corrected chi connectivity index (χ2v) is 3.18. The maximum atomic E-state index is 13.0. The highest BCUT2D eigenvalue weighted by atomic mass is 19.2. The predicted octanol–water partition coefficient (Wildman–Crippen LogP) is 2.62. The molecule has 0 saturated heterocycles. The monoisotopic (exact) mass is 223 g/mol. The van der Waals surface area contributed by atoms with Crippen molar-refractivity contribution in [3.05, 3.63) is 41.7 Å². The Labute approximate surface area is 89.5 Å². The van der Waals surface area contributed by atoms with Crippen molar-refractivity contribution in [2.24, 2.45) is 0 Å². The summed E-state index contributed by atoms with van der Waals surface area (Å²) in [5, 5.41) is 0. The summed E-state index contributed by atoms with van der Waals surface area (Å²) < 4.78 is 31.0. The summed E-state index contributed by atoms with van der Waals surface area (Å²) in [7, 11) is 0. The molecule has 82 valence electrons. The van der Waals surface area contributed by atoms with Gasteiger partial charge in [-0.15, -0.1) is 0 Å². The Bertz CT molecular complexity index is 526. The Morgan fingerprint density at radius 2 is 2.00 bits per heavy atom. The zero-order chi connectivity index (χ0) is 11.7. The van der Waals surface area contributed by atoms with Crippen LogP contribution >= 0.6 is 0 Å². The molecule has 1 heterocycles. The van der Waals surface area contributed by atoms with Gasteiger partial charge in [0.2, 0.25) is 0 Å². The van der Waals surface area contributed by atoms with E-state index in [9.17, 15) is 13.6 Å². The van der Waals surface area contributed by atoms with E-state index in [1.165, 1.54) is 18.2 Å². The zero-order valence-corrected chi connectivity index (χ0v) is 8.04. The van der Waals surface area contributed by atoms with Gasteiger partial charge in [-0.05, 0) is 24.3 Å². The Hall–Kier alpha value is -2.17. The number of carbonyl (C=O) groups is 1. The van der Waals surface area contributed by atoms with Crippen LogP contribution in [0.25, 0.3) is 11.3 Å². The Morgan fingerprint density at radius 3 is 2.56 bits per heavy atom. The minimum absolute atomic E-state index is 0.110. The average molecular weight is 223 g/mol. The second kappa shape index (κ2) is 3.77. The lowest BCUT2D eigenvalue weighted by atomic mass is 10.1. The van der Waals surface area contributed by atoms with Gasteiger partial charge in [0, 0.05) is 5.56 Å². The third-order valence-corrected chi connectivity index (χ3v) is 2.08. The van der Waals surface area contributed by atoms with E-state index >= 15 is 0 Å². The molecule has 5 heteroatoms. The minimum atomic E-state index is -1.09. The SMILES string of the molecule is Nc1cc(-c2ccc(C=O)o2)cc(F)c1F. The summed E-state index contributed by atoms with van der Waals surface area (Å²) in [6, 6.07) is 5.11. The Morgan fingerprint density at radius 1 is 1.25 bits per heavy atom. The molecule has 0 saturated carbocycles. The number of anilines is 1. The molecule has 1 aromatic carbocycles. The molecule has 1 aromatic heterocycles. The van der Waals surface area contributed by atoms with Gasteiger partial charge in [-0.25, -0.2) is 8.78 Å². The largest absolute Gasteiger partial charge is 0.453 e. The number of hydrogen-bond donors (Lipinski definition) is 1. The van der Waals surface area contributed by atoms with Gasteiger partial charge in [-0.2, -0.15) is 0 Å². The summed E-state index contributed by atoms with van der Waals surface area (Å²) in [5.41, 5.74) is 5.25. The van der Waals surface area contributed by atoms with Gasteiger partial charge in [-0.3, -0.25) is 4.79 Å². The first kappa shape index (κ1) is 10.4. The van der Waals surface area contributed by atoms with Crippen LogP contribution in [0.5, 0.6) is 0 Å². The normalized spacial score (nSPS) is 10.4. The van der Waals surface area contributed by atoms with Crippen molar-refractivity contribution in [1.29, 1.82) is 0 Å². The van der Waals surface area contributed by atoms with Crippen LogP contribution in [-0.2, 0) is 0 Å². The average Bonchev–Trinajstić information content (AvgIpc) is 2.73. The van der Waals surface area contributed by atoms with Crippen LogP contribution in [0, 0.1) is 11.6 Å². The predicted molar refractivity (Wildman–Crippen MR) is 53.9 cm³/mol. The van der Waals surface area contributed by atoms with E-state index < -0.39 is 11.6 Å². The third kappa shape index (κ3) is 1.67. The van der Waals surface area contributed by atoms with E-state index in [0.29, 0.717) is 6.29 Å². The quantitative estimate of drug-likeness (QED) is 0.628. The first-order valence-corrected chi connectivity index (χ1v) is 4.41. The lowest BCUT2D eigenvalue weighted by Gasteiger charge is -2.01. The molecule has 16 heavy (non-hydrogen) atoms. The van der Waals surface area contributed by atoms with Crippen molar-refractivity contribution < 1.29 is 18.0 Å². The number of halogens is 2. The molecule has 0 aliphatic heterocycles. The molecule has 0 unspecified atom stereocenters. The molecule has 2 rings (SSSR count). The molecular formula is C11H7F2NO2. The maximum absolute atomic E-state index is 13.0. The van der Waals surface area contributed by atoms with E-state index in [1.807, 2.05) is 0 Å². The highest BCUT2D eigenvalue weighted by molar-refractivity contribution is 5.73. The lowest BCUT2D eigenvalue weighted by molar-refractivity contribution is 0.110. The third-order valence-electron chi connectivity index (χ3n) is 2.08. The van der Waals surface area contributed by atoms with Crippen LogP contribution in [0.15, 0.2) is 28.7 Å². The van der Waals surface area contributed by atoms with Gasteiger partial charge in [0.1, 0.15) is 5.76 Å². The number of nitrogens with two attached hydrogens (primary N) is 1. The molecule has 0 aliphatic carbocycles. The number of benzene rings is 1. The van der Waals surface area contributed by atoms with Crippen LogP contribution in [0.1, 0.15) is 10.6 Å². The number of aldehydes is 1. The van der Waals surface area contributed by atoms with E-state index in [2.05, 4.69) is 0 Å². The fraction of sp³-hybridized carbons (Fsp3) is 0. The zero-order valence-electron chi connectivity index (χ0n) is 8.04. The van der Waals surface area contributed by atoms with Gasteiger partial charge in [0.15, 0.2) is 23.7 Å². The standard InChI is InChI=1S/C11H7F2NO2/c12-8-3-6(4-9(14)11(8)13)10-2-1-7(5-15)16-10/h1-5H,14H2.